The van der Waals surface area contributed by atoms with Crippen molar-refractivity contribution >= 4 is 33.4 Å². The van der Waals surface area contributed by atoms with Gasteiger partial charge in [0, 0.05) is 17.8 Å². The minimum atomic E-state index is -0.264. The lowest BCUT2D eigenvalue weighted by atomic mass is 10.2. The molecule has 0 saturated carbocycles. The van der Waals surface area contributed by atoms with Crippen LogP contribution in [-0.2, 0) is 11.2 Å². The molecule has 0 bridgehead atoms. The molecule has 0 unspecified atom stereocenters. The molecule has 0 aliphatic carbocycles. The topological polar surface area (TPSA) is 67.4 Å². The van der Waals surface area contributed by atoms with E-state index in [0.717, 1.165) is 17.3 Å². The first-order valence-electron chi connectivity index (χ1n) is 8.62. The Bertz CT molecular complexity index is 760. The summed E-state index contributed by atoms with van der Waals surface area (Å²) in [4.78, 5) is 23.9. The number of carbonyl (C=O) groups is 2. The largest absolute Gasteiger partial charge is 0.483 e. The summed E-state index contributed by atoms with van der Waals surface area (Å²) in [6.45, 7) is 4.62. The minimum Gasteiger partial charge on any atom is -0.483 e. The number of hydrogen-bond donors (Lipinski definition) is 2. The van der Waals surface area contributed by atoms with E-state index in [9.17, 15) is 9.59 Å². The maximum Gasteiger partial charge on any atom is 0.262 e. The fourth-order valence-electron chi connectivity index (χ4n) is 2.27. The highest BCUT2D eigenvalue weighted by molar-refractivity contribution is 9.10. The Morgan fingerprint density at radius 3 is 2.42 bits per heavy atom. The predicted molar refractivity (Wildman–Crippen MR) is 107 cm³/mol. The fourth-order valence-corrected chi connectivity index (χ4v) is 2.81. The van der Waals surface area contributed by atoms with Crippen LogP contribution in [0.5, 0.6) is 5.75 Å². The zero-order valence-corrected chi connectivity index (χ0v) is 16.6. The monoisotopic (exact) mass is 418 g/mol. The maximum atomic E-state index is 12.0. The van der Waals surface area contributed by atoms with Crippen molar-refractivity contribution in [1.82, 2.24) is 5.32 Å². The van der Waals surface area contributed by atoms with Crippen molar-refractivity contribution in [2.75, 3.05) is 18.5 Å². The quantitative estimate of drug-likeness (QED) is 0.675. The van der Waals surface area contributed by atoms with Crippen molar-refractivity contribution < 1.29 is 14.3 Å². The highest BCUT2D eigenvalue weighted by atomic mass is 79.9. The van der Waals surface area contributed by atoms with Gasteiger partial charge in [-0.25, -0.2) is 0 Å². The number of rotatable bonds is 8. The fraction of sp³-hybridized carbons (Fsp3) is 0.300. The van der Waals surface area contributed by atoms with Crippen LogP contribution in [0.15, 0.2) is 46.9 Å². The van der Waals surface area contributed by atoms with E-state index in [1.165, 1.54) is 5.56 Å². The minimum absolute atomic E-state index is 0.0944. The Morgan fingerprint density at radius 1 is 1.08 bits per heavy atom. The molecular formula is C20H23BrN2O3. The van der Waals surface area contributed by atoms with Gasteiger partial charge in [0.05, 0.1) is 4.47 Å². The van der Waals surface area contributed by atoms with E-state index in [0.29, 0.717) is 23.5 Å². The number of hydrogen-bond acceptors (Lipinski definition) is 3. The molecule has 0 fully saturated rings. The molecule has 138 valence electrons. The van der Waals surface area contributed by atoms with Crippen molar-refractivity contribution in [2.24, 2.45) is 0 Å². The van der Waals surface area contributed by atoms with Crippen molar-refractivity contribution in [1.29, 1.82) is 0 Å². The molecule has 0 heterocycles. The van der Waals surface area contributed by atoms with Crippen LogP contribution in [0.3, 0.4) is 0 Å². The van der Waals surface area contributed by atoms with Gasteiger partial charge < -0.3 is 15.4 Å². The summed E-state index contributed by atoms with van der Waals surface area (Å²) in [5.41, 5.74) is 2.37. The van der Waals surface area contributed by atoms with E-state index < -0.39 is 0 Å². The zero-order valence-electron chi connectivity index (χ0n) is 15.0. The summed E-state index contributed by atoms with van der Waals surface area (Å²) in [6, 6.07) is 12.6. The first-order valence-corrected chi connectivity index (χ1v) is 9.42. The summed E-state index contributed by atoms with van der Waals surface area (Å²) >= 11 is 3.45. The molecule has 0 aromatic heterocycles. The molecule has 2 aromatic carbocycles. The molecule has 2 aromatic rings. The third-order valence-corrected chi connectivity index (χ3v) is 4.35. The van der Waals surface area contributed by atoms with E-state index in [1.54, 1.807) is 24.3 Å². The van der Waals surface area contributed by atoms with Gasteiger partial charge >= 0.3 is 0 Å². The van der Waals surface area contributed by atoms with E-state index in [4.69, 9.17) is 4.74 Å². The molecule has 0 spiro atoms. The van der Waals surface area contributed by atoms with E-state index in [-0.39, 0.29) is 18.4 Å². The van der Waals surface area contributed by atoms with Crippen LogP contribution in [0.2, 0.25) is 0 Å². The lowest BCUT2D eigenvalue weighted by Gasteiger charge is -2.10. The lowest BCUT2D eigenvalue weighted by Crippen LogP contribution is -2.24. The van der Waals surface area contributed by atoms with Gasteiger partial charge in [0.1, 0.15) is 5.75 Å². The van der Waals surface area contributed by atoms with Gasteiger partial charge in [0.15, 0.2) is 6.61 Å². The van der Waals surface area contributed by atoms with Crippen LogP contribution >= 0.6 is 15.9 Å². The molecule has 0 radical (unpaired) electrons. The van der Waals surface area contributed by atoms with Gasteiger partial charge in [-0.05, 0) is 70.7 Å². The van der Waals surface area contributed by atoms with Crippen molar-refractivity contribution in [3.8, 4) is 5.75 Å². The van der Waals surface area contributed by atoms with E-state index in [1.807, 2.05) is 25.1 Å². The predicted octanol–water partition coefficient (Wildman–Crippen LogP) is 4.17. The lowest BCUT2D eigenvalue weighted by molar-refractivity contribution is -0.118. The second kappa shape index (κ2) is 9.97. The number of amides is 2. The molecule has 0 aliphatic heterocycles. The molecular weight excluding hydrogens is 396 g/mol. The van der Waals surface area contributed by atoms with Gasteiger partial charge in [0.2, 0.25) is 0 Å². The summed E-state index contributed by atoms with van der Waals surface area (Å²) in [5.74, 6) is 0.244. The molecule has 0 atom stereocenters. The maximum absolute atomic E-state index is 12.0. The van der Waals surface area contributed by atoms with Gasteiger partial charge in [-0.3, -0.25) is 9.59 Å². The molecule has 5 nitrogen and oxygen atoms in total. The number of nitrogens with one attached hydrogen (secondary N) is 2. The molecule has 6 heteroatoms. The number of ether oxygens (including phenoxy) is 1. The second-order valence-corrected chi connectivity index (χ2v) is 6.64. The Balaban J connectivity index is 1.87. The first kappa shape index (κ1) is 20.0. The van der Waals surface area contributed by atoms with Crippen molar-refractivity contribution in [3.05, 3.63) is 58.1 Å². The number of benzene rings is 2. The molecule has 2 amide bonds. The van der Waals surface area contributed by atoms with Gasteiger partial charge in [0.25, 0.3) is 11.8 Å². The van der Waals surface area contributed by atoms with Gasteiger partial charge in [-0.2, -0.15) is 0 Å². The third-order valence-electron chi connectivity index (χ3n) is 3.73. The van der Waals surface area contributed by atoms with Crippen LogP contribution < -0.4 is 15.4 Å². The zero-order chi connectivity index (χ0) is 18.9. The molecule has 2 N–H and O–H groups in total. The van der Waals surface area contributed by atoms with Gasteiger partial charge in [-0.15, -0.1) is 0 Å². The average Bonchev–Trinajstić information content (AvgIpc) is 2.65. The van der Waals surface area contributed by atoms with E-state index in [2.05, 4.69) is 33.5 Å². The Morgan fingerprint density at radius 2 is 1.81 bits per heavy atom. The molecule has 26 heavy (non-hydrogen) atoms. The summed E-state index contributed by atoms with van der Waals surface area (Å²) in [6.07, 6.45) is 1.82. The third kappa shape index (κ3) is 5.88. The smallest absolute Gasteiger partial charge is 0.262 e. The Hall–Kier alpha value is -2.34. The van der Waals surface area contributed by atoms with Crippen LogP contribution in [0.4, 0.5) is 5.69 Å². The van der Waals surface area contributed by atoms with Crippen LogP contribution in [-0.4, -0.2) is 25.0 Å². The summed E-state index contributed by atoms with van der Waals surface area (Å²) in [5, 5.41) is 5.56. The van der Waals surface area contributed by atoms with Crippen LogP contribution in [0.25, 0.3) is 0 Å². The highest BCUT2D eigenvalue weighted by Gasteiger charge is 2.08. The molecule has 2 rings (SSSR count). The standard InChI is InChI=1S/C20H23BrN2O3/c1-3-11-22-20(25)15-6-8-16(9-7-15)23-19(24)13-26-18-10-5-14(4-2)12-17(18)21/h5-10,12H,3-4,11,13H2,1-2H3,(H,22,25)(H,23,24). The summed E-state index contributed by atoms with van der Waals surface area (Å²) < 4.78 is 6.38. The summed E-state index contributed by atoms with van der Waals surface area (Å²) in [7, 11) is 0. The van der Waals surface area contributed by atoms with E-state index >= 15 is 0 Å². The first-order chi connectivity index (χ1) is 12.5. The number of anilines is 1. The number of aryl methyl sites for hydroxylation is 1. The molecule has 0 aliphatic rings. The number of halogens is 1. The normalized spacial score (nSPS) is 10.3. The second-order valence-electron chi connectivity index (χ2n) is 5.79. The Kier molecular flexibility index (Phi) is 7.66. The average molecular weight is 419 g/mol. The van der Waals surface area contributed by atoms with Gasteiger partial charge in [-0.1, -0.05) is 19.9 Å². The van der Waals surface area contributed by atoms with Crippen LogP contribution in [0, 0.1) is 0 Å². The van der Waals surface area contributed by atoms with Crippen LogP contribution in [0.1, 0.15) is 36.2 Å². The van der Waals surface area contributed by atoms with Crippen molar-refractivity contribution in [2.45, 2.75) is 26.7 Å². The van der Waals surface area contributed by atoms with Crippen molar-refractivity contribution in [3.63, 3.8) is 0 Å². The SMILES string of the molecule is CCCNC(=O)c1ccc(NC(=O)COc2ccc(CC)cc2Br)cc1. The Labute approximate surface area is 162 Å². The highest BCUT2D eigenvalue weighted by Crippen LogP contribution is 2.26. The number of carbonyl (C=O) groups excluding carboxylic acids is 2. The molecule has 0 saturated heterocycles.